The standard InChI is InChI=1S/C12H19N3/c1-10-5-6-12(14-8-10)15(2)11-4-3-7-13-9-11/h5-6,8,11,13H,3-4,7,9H2,1-2H3/t11-/m0/s1. The number of nitrogens with zero attached hydrogens (tertiary/aromatic N) is 2. The van der Waals surface area contributed by atoms with Gasteiger partial charge in [-0.25, -0.2) is 4.98 Å². The highest BCUT2D eigenvalue weighted by atomic mass is 15.2. The molecule has 1 aromatic heterocycles. The summed E-state index contributed by atoms with van der Waals surface area (Å²) in [6.07, 6.45) is 4.46. The van der Waals surface area contributed by atoms with Crippen LogP contribution >= 0.6 is 0 Å². The molecule has 1 fully saturated rings. The van der Waals surface area contributed by atoms with E-state index in [1.165, 1.54) is 18.4 Å². The van der Waals surface area contributed by atoms with Crippen molar-refractivity contribution in [3.05, 3.63) is 23.9 Å². The molecule has 1 aliphatic rings. The Morgan fingerprint density at radius 2 is 2.33 bits per heavy atom. The van der Waals surface area contributed by atoms with Gasteiger partial charge in [0.25, 0.3) is 0 Å². The minimum absolute atomic E-state index is 0.592. The summed E-state index contributed by atoms with van der Waals surface area (Å²) >= 11 is 0. The molecule has 0 amide bonds. The highest BCUT2D eigenvalue weighted by Gasteiger charge is 2.18. The number of aryl methyl sites for hydroxylation is 1. The Bertz CT molecular complexity index is 301. The van der Waals surface area contributed by atoms with E-state index in [0.717, 1.165) is 18.9 Å². The number of nitrogens with one attached hydrogen (secondary N) is 1. The lowest BCUT2D eigenvalue weighted by Crippen LogP contribution is -2.44. The average molecular weight is 205 g/mol. The molecule has 0 aliphatic carbocycles. The Hall–Kier alpha value is -1.09. The van der Waals surface area contributed by atoms with E-state index < -0.39 is 0 Å². The fraction of sp³-hybridized carbons (Fsp3) is 0.583. The molecule has 1 aliphatic heterocycles. The summed E-state index contributed by atoms with van der Waals surface area (Å²) in [5.74, 6) is 1.08. The van der Waals surface area contributed by atoms with Crippen LogP contribution in [0.4, 0.5) is 5.82 Å². The van der Waals surface area contributed by atoms with Crippen molar-refractivity contribution in [1.29, 1.82) is 0 Å². The van der Waals surface area contributed by atoms with Gasteiger partial charge in [0.05, 0.1) is 0 Å². The topological polar surface area (TPSA) is 28.2 Å². The Kier molecular flexibility index (Phi) is 3.21. The molecule has 1 N–H and O–H groups in total. The number of anilines is 1. The van der Waals surface area contributed by atoms with E-state index >= 15 is 0 Å². The summed E-state index contributed by atoms with van der Waals surface area (Å²) in [5.41, 5.74) is 1.22. The molecule has 0 spiro atoms. The van der Waals surface area contributed by atoms with E-state index in [-0.39, 0.29) is 0 Å². The second-order valence-electron chi connectivity index (χ2n) is 4.30. The zero-order valence-electron chi connectivity index (χ0n) is 9.53. The third kappa shape index (κ3) is 2.48. The number of aromatic nitrogens is 1. The van der Waals surface area contributed by atoms with Gasteiger partial charge in [0.1, 0.15) is 5.82 Å². The molecule has 3 heteroatoms. The van der Waals surface area contributed by atoms with Gasteiger partial charge >= 0.3 is 0 Å². The van der Waals surface area contributed by atoms with Crippen molar-refractivity contribution in [3.8, 4) is 0 Å². The normalized spacial score (nSPS) is 21.3. The van der Waals surface area contributed by atoms with Gasteiger partial charge < -0.3 is 10.2 Å². The first-order valence-corrected chi connectivity index (χ1v) is 5.63. The number of hydrogen-bond donors (Lipinski definition) is 1. The maximum absolute atomic E-state index is 4.45. The largest absolute Gasteiger partial charge is 0.355 e. The number of rotatable bonds is 2. The molecular weight excluding hydrogens is 186 g/mol. The molecule has 1 saturated heterocycles. The van der Waals surface area contributed by atoms with Crippen molar-refractivity contribution in [2.75, 3.05) is 25.0 Å². The lowest BCUT2D eigenvalue weighted by Gasteiger charge is -2.32. The van der Waals surface area contributed by atoms with Crippen molar-refractivity contribution < 1.29 is 0 Å². The fourth-order valence-electron chi connectivity index (χ4n) is 2.02. The second kappa shape index (κ2) is 4.62. The molecule has 0 bridgehead atoms. The summed E-state index contributed by atoms with van der Waals surface area (Å²) in [6, 6.07) is 4.81. The van der Waals surface area contributed by atoms with Gasteiger partial charge in [-0.1, -0.05) is 6.07 Å². The van der Waals surface area contributed by atoms with Crippen molar-refractivity contribution >= 4 is 5.82 Å². The molecule has 1 atom stereocenters. The summed E-state index contributed by atoms with van der Waals surface area (Å²) in [7, 11) is 2.13. The van der Waals surface area contributed by atoms with E-state index in [1.807, 2.05) is 6.20 Å². The Labute approximate surface area is 91.5 Å². The number of likely N-dealkylation sites (N-methyl/N-ethyl adjacent to an activating group) is 1. The predicted molar refractivity (Wildman–Crippen MR) is 63.3 cm³/mol. The van der Waals surface area contributed by atoms with Crippen LogP contribution < -0.4 is 10.2 Å². The summed E-state index contributed by atoms with van der Waals surface area (Å²) < 4.78 is 0. The minimum atomic E-state index is 0.592. The van der Waals surface area contributed by atoms with Crippen LogP contribution in [0.25, 0.3) is 0 Å². The zero-order chi connectivity index (χ0) is 10.7. The molecule has 2 heterocycles. The summed E-state index contributed by atoms with van der Waals surface area (Å²) in [4.78, 5) is 6.73. The summed E-state index contributed by atoms with van der Waals surface area (Å²) in [6.45, 7) is 4.30. The van der Waals surface area contributed by atoms with Crippen molar-refractivity contribution in [2.24, 2.45) is 0 Å². The first-order valence-electron chi connectivity index (χ1n) is 5.63. The molecule has 0 radical (unpaired) electrons. The maximum atomic E-state index is 4.45. The van der Waals surface area contributed by atoms with Crippen molar-refractivity contribution in [1.82, 2.24) is 10.3 Å². The molecule has 0 aromatic carbocycles. The van der Waals surface area contributed by atoms with Gasteiger partial charge in [0, 0.05) is 25.8 Å². The van der Waals surface area contributed by atoms with Crippen molar-refractivity contribution in [2.45, 2.75) is 25.8 Å². The van der Waals surface area contributed by atoms with Gasteiger partial charge in [0.15, 0.2) is 0 Å². The quantitative estimate of drug-likeness (QED) is 0.794. The van der Waals surface area contributed by atoms with Crippen LogP contribution in [0.1, 0.15) is 18.4 Å². The smallest absolute Gasteiger partial charge is 0.128 e. The highest BCUT2D eigenvalue weighted by Crippen LogP contribution is 2.16. The molecular formula is C12H19N3. The molecule has 0 unspecified atom stereocenters. The zero-order valence-corrected chi connectivity index (χ0v) is 9.53. The van der Waals surface area contributed by atoms with Crippen LogP contribution in [0, 0.1) is 6.92 Å². The Morgan fingerprint density at radius 1 is 1.47 bits per heavy atom. The first kappa shape index (κ1) is 10.4. The minimum Gasteiger partial charge on any atom is -0.355 e. The fourth-order valence-corrected chi connectivity index (χ4v) is 2.02. The van der Waals surface area contributed by atoms with E-state index in [0.29, 0.717) is 6.04 Å². The predicted octanol–water partition coefficient (Wildman–Crippen LogP) is 1.58. The maximum Gasteiger partial charge on any atom is 0.128 e. The SMILES string of the molecule is Cc1ccc(N(C)[C@H]2CCCNC2)nc1. The number of pyridine rings is 1. The van der Waals surface area contributed by atoms with Gasteiger partial charge in [-0.2, -0.15) is 0 Å². The highest BCUT2D eigenvalue weighted by molar-refractivity contribution is 5.39. The van der Waals surface area contributed by atoms with Gasteiger partial charge in [-0.15, -0.1) is 0 Å². The molecule has 82 valence electrons. The van der Waals surface area contributed by atoms with Crippen LogP contribution in [-0.4, -0.2) is 31.2 Å². The second-order valence-corrected chi connectivity index (χ2v) is 4.30. The van der Waals surface area contributed by atoms with Gasteiger partial charge in [-0.05, 0) is 37.9 Å². The van der Waals surface area contributed by atoms with Gasteiger partial charge in [-0.3, -0.25) is 0 Å². The first-order chi connectivity index (χ1) is 7.27. The number of hydrogen-bond acceptors (Lipinski definition) is 3. The van der Waals surface area contributed by atoms with Gasteiger partial charge in [0.2, 0.25) is 0 Å². The van der Waals surface area contributed by atoms with Crippen LogP contribution in [0.3, 0.4) is 0 Å². The molecule has 1 aromatic rings. The lowest BCUT2D eigenvalue weighted by atomic mass is 10.1. The molecule has 0 saturated carbocycles. The Morgan fingerprint density at radius 3 is 2.93 bits per heavy atom. The molecule has 15 heavy (non-hydrogen) atoms. The molecule has 3 nitrogen and oxygen atoms in total. The van der Waals surface area contributed by atoms with Crippen LogP contribution in [0.5, 0.6) is 0 Å². The van der Waals surface area contributed by atoms with E-state index in [1.54, 1.807) is 0 Å². The lowest BCUT2D eigenvalue weighted by molar-refractivity contribution is 0.443. The monoisotopic (exact) mass is 205 g/mol. The number of piperidine rings is 1. The third-order valence-corrected chi connectivity index (χ3v) is 3.08. The third-order valence-electron chi connectivity index (χ3n) is 3.08. The van der Waals surface area contributed by atoms with E-state index in [2.05, 4.69) is 41.3 Å². The van der Waals surface area contributed by atoms with Crippen LogP contribution in [0.2, 0.25) is 0 Å². The van der Waals surface area contributed by atoms with E-state index in [4.69, 9.17) is 0 Å². The van der Waals surface area contributed by atoms with Crippen LogP contribution in [0.15, 0.2) is 18.3 Å². The molecule has 2 rings (SSSR count). The van der Waals surface area contributed by atoms with Crippen molar-refractivity contribution in [3.63, 3.8) is 0 Å². The average Bonchev–Trinajstić information content (AvgIpc) is 2.30. The summed E-state index contributed by atoms with van der Waals surface area (Å²) in [5, 5.41) is 3.43. The van der Waals surface area contributed by atoms with E-state index in [9.17, 15) is 0 Å². The Balaban J connectivity index is 2.05. The van der Waals surface area contributed by atoms with Crippen LogP contribution in [-0.2, 0) is 0 Å².